The van der Waals surface area contributed by atoms with Gasteiger partial charge in [-0.1, -0.05) is 75.0 Å². The Labute approximate surface area is 111 Å². The van der Waals surface area contributed by atoms with Crippen molar-refractivity contribution in [2.75, 3.05) is 7.11 Å². The van der Waals surface area contributed by atoms with E-state index in [1.807, 2.05) is 80.6 Å². The number of benzene rings is 2. The molecule has 0 bridgehead atoms. The molecule has 0 amide bonds. The molecule has 0 aliphatic rings. The molecule has 1 nitrogen and oxygen atoms in total. The van der Waals surface area contributed by atoms with Crippen molar-refractivity contribution in [1.29, 1.82) is 0 Å². The second-order valence-corrected chi connectivity index (χ2v) is 3.13. The Kier molecular flexibility index (Phi) is 10.2. The summed E-state index contributed by atoms with van der Waals surface area (Å²) in [6, 6.07) is 19.7. The monoisotopic (exact) mass is 242 g/mol. The highest BCUT2D eigenvalue weighted by Crippen LogP contribution is 2.05. The zero-order chi connectivity index (χ0) is 13.6. The molecule has 0 unspecified atom stereocenters. The van der Waals surface area contributed by atoms with E-state index >= 15 is 0 Å². The van der Waals surface area contributed by atoms with E-state index in [2.05, 4.69) is 6.58 Å². The second-order valence-electron chi connectivity index (χ2n) is 3.13. The summed E-state index contributed by atoms with van der Waals surface area (Å²) >= 11 is 0. The van der Waals surface area contributed by atoms with Gasteiger partial charge in [0.2, 0.25) is 0 Å². The quantitative estimate of drug-likeness (QED) is 0.716. The molecule has 0 aromatic heterocycles. The van der Waals surface area contributed by atoms with E-state index in [-0.39, 0.29) is 0 Å². The highest BCUT2D eigenvalue weighted by atomic mass is 16.5. The minimum atomic E-state index is 0.910. The van der Waals surface area contributed by atoms with Gasteiger partial charge >= 0.3 is 0 Å². The highest BCUT2D eigenvalue weighted by molar-refractivity contribution is 5.45. The molecule has 2 rings (SSSR count). The zero-order valence-electron chi connectivity index (χ0n) is 11.5. The van der Waals surface area contributed by atoms with Crippen LogP contribution in [0.2, 0.25) is 0 Å². The summed E-state index contributed by atoms with van der Waals surface area (Å²) in [7, 11) is 1.66. The van der Waals surface area contributed by atoms with Crippen molar-refractivity contribution in [1.82, 2.24) is 0 Å². The molecule has 0 saturated carbocycles. The number of methoxy groups -OCH3 is 1. The maximum atomic E-state index is 4.91. The average Bonchev–Trinajstić information content (AvgIpc) is 2.51. The van der Waals surface area contributed by atoms with Crippen LogP contribution in [0.4, 0.5) is 0 Å². The normalized spacial score (nSPS) is 7.94. The lowest BCUT2D eigenvalue weighted by Gasteiger charge is -1.93. The van der Waals surface area contributed by atoms with Crippen LogP contribution in [0.25, 0.3) is 6.08 Å². The summed E-state index contributed by atoms with van der Waals surface area (Å²) in [4.78, 5) is 0. The lowest BCUT2D eigenvalue weighted by Crippen LogP contribution is -1.78. The number of hydrogen-bond acceptors (Lipinski definition) is 1. The predicted octanol–water partition coefficient (Wildman–Crippen LogP) is 5.05. The number of hydrogen-bond donors (Lipinski definition) is 0. The molecule has 0 heterocycles. The maximum Gasteiger partial charge on any atom is 0.118 e. The third-order valence-electron chi connectivity index (χ3n) is 2.01. The van der Waals surface area contributed by atoms with Crippen LogP contribution in [-0.2, 0) is 0 Å². The minimum absolute atomic E-state index is 0.910. The van der Waals surface area contributed by atoms with Crippen LogP contribution in [0.15, 0.2) is 67.2 Å². The lowest BCUT2D eigenvalue weighted by atomic mass is 10.2. The first-order chi connectivity index (χ1) is 8.86. The van der Waals surface area contributed by atoms with Crippen LogP contribution in [0.3, 0.4) is 0 Å². The van der Waals surface area contributed by atoms with Crippen molar-refractivity contribution in [3.8, 4) is 5.75 Å². The van der Waals surface area contributed by atoms with Crippen LogP contribution < -0.4 is 4.74 Å². The maximum absolute atomic E-state index is 4.91. The van der Waals surface area contributed by atoms with Gasteiger partial charge in [-0.3, -0.25) is 0 Å². The Morgan fingerprint density at radius 1 is 0.833 bits per heavy atom. The molecule has 0 aliphatic heterocycles. The van der Waals surface area contributed by atoms with Gasteiger partial charge in [0.1, 0.15) is 5.75 Å². The fourth-order valence-corrected chi connectivity index (χ4v) is 1.15. The van der Waals surface area contributed by atoms with Gasteiger partial charge in [0.25, 0.3) is 0 Å². The van der Waals surface area contributed by atoms with Gasteiger partial charge in [-0.05, 0) is 17.7 Å². The van der Waals surface area contributed by atoms with E-state index in [4.69, 9.17) is 4.74 Å². The SMILES string of the molecule is C=Cc1ccccc1.CC.COc1ccccc1. The van der Waals surface area contributed by atoms with Crippen molar-refractivity contribution < 1.29 is 4.74 Å². The van der Waals surface area contributed by atoms with Crippen LogP contribution in [0.1, 0.15) is 19.4 Å². The van der Waals surface area contributed by atoms with Gasteiger partial charge in [-0.15, -0.1) is 0 Å². The van der Waals surface area contributed by atoms with Crippen molar-refractivity contribution in [3.05, 3.63) is 72.8 Å². The fraction of sp³-hybridized carbons (Fsp3) is 0.176. The Morgan fingerprint density at radius 3 is 1.56 bits per heavy atom. The second kappa shape index (κ2) is 11.5. The van der Waals surface area contributed by atoms with E-state index < -0.39 is 0 Å². The molecule has 0 N–H and O–H groups in total. The first kappa shape index (κ1) is 16.0. The van der Waals surface area contributed by atoms with Crippen molar-refractivity contribution >= 4 is 6.08 Å². The molecule has 96 valence electrons. The topological polar surface area (TPSA) is 9.23 Å². The molecule has 0 aliphatic carbocycles. The third kappa shape index (κ3) is 7.29. The summed E-state index contributed by atoms with van der Waals surface area (Å²) in [5.74, 6) is 0.910. The number of ether oxygens (including phenoxy) is 1. The average molecular weight is 242 g/mol. The Hall–Kier alpha value is -2.02. The first-order valence-corrected chi connectivity index (χ1v) is 6.13. The summed E-state index contributed by atoms with van der Waals surface area (Å²) in [6.07, 6.45) is 1.83. The predicted molar refractivity (Wildman–Crippen MR) is 80.9 cm³/mol. The zero-order valence-corrected chi connectivity index (χ0v) is 11.5. The van der Waals surface area contributed by atoms with Gasteiger partial charge in [0, 0.05) is 0 Å². The Bertz CT molecular complexity index is 392. The molecular weight excluding hydrogens is 220 g/mol. The van der Waals surface area contributed by atoms with Crippen molar-refractivity contribution in [2.24, 2.45) is 0 Å². The van der Waals surface area contributed by atoms with Crippen LogP contribution in [0.5, 0.6) is 5.75 Å². The van der Waals surface area contributed by atoms with Gasteiger partial charge in [-0.25, -0.2) is 0 Å². The molecule has 18 heavy (non-hydrogen) atoms. The third-order valence-corrected chi connectivity index (χ3v) is 2.01. The summed E-state index contributed by atoms with van der Waals surface area (Å²) in [6.45, 7) is 7.63. The van der Waals surface area contributed by atoms with E-state index in [1.165, 1.54) is 5.56 Å². The Morgan fingerprint density at radius 2 is 1.28 bits per heavy atom. The Balaban J connectivity index is 0.000000283. The highest BCUT2D eigenvalue weighted by Gasteiger charge is 1.80. The van der Waals surface area contributed by atoms with Gasteiger partial charge in [-0.2, -0.15) is 0 Å². The van der Waals surface area contributed by atoms with E-state index in [0.29, 0.717) is 0 Å². The smallest absolute Gasteiger partial charge is 0.118 e. The van der Waals surface area contributed by atoms with Crippen LogP contribution in [0, 0.1) is 0 Å². The number of rotatable bonds is 2. The molecule has 0 radical (unpaired) electrons. The molecule has 2 aromatic carbocycles. The van der Waals surface area contributed by atoms with Gasteiger partial charge in [0.15, 0.2) is 0 Å². The van der Waals surface area contributed by atoms with Gasteiger partial charge < -0.3 is 4.74 Å². The van der Waals surface area contributed by atoms with Crippen LogP contribution in [-0.4, -0.2) is 7.11 Å². The minimum Gasteiger partial charge on any atom is -0.497 e. The summed E-state index contributed by atoms with van der Waals surface area (Å²) in [5, 5.41) is 0. The van der Waals surface area contributed by atoms with E-state index in [1.54, 1.807) is 7.11 Å². The summed E-state index contributed by atoms with van der Waals surface area (Å²) < 4.78 is 4.91. The van der Waals surface area contributed by atoms with Gasteiger partial charge in [0.05, 0.1) is 7.11 Å². The van der Waals surface area contributed by atoms with Crippen molar-refractivity contribution in [3.63, 3.8) is 0 Å². The molecule has 0 atom stereocenters. The first-order valence-electron chi connectivity index (χ1n) is 6.13. The lowest BCUT2D eigenvalue weighted by molar-refractivity contribution is 0.415. The summed E-state index contributed by atoms with van der Waals surface area (Å²) in [5.41, 5.74) is 1.17. The van der Waals surface area contributed by atoms with E-state index in [9.17, 15) is 0 Å². The van der Waals surface area contributed by atoms with Crippen LogP contribution >= 0.6 is 0 Å². The standard InChI is InChI=1S/C8H8.C7H8O.C2H6/c1-2-8-6-4-3-5-7-8;1-8-7-5-3-2-4-6-7;1-2/h2-7H,1H2;2-6H,1H3;1-2H3. The largest absolute Gasteiger partial charge is 0.497 e. The molecule has 1 heteroatoms. The van der Waals surface area contributed by atoms with E-state index in [0.717, 1.165) is 5.75 Å². The fourth-order valence-electron chi connectivity index (χ4n) is 1.15. The molecule has 0 saturated heterocycles. The molecule has 0 spiro atoms. The van der Waals surface area contributed by atoms with Crippen molar-refractivity contribution in [2.45, 2.75) is 13.8 Å². The number of para-hydroxylation sites is 1. The molecule has 2 aromatic rings. The molecule has 0 fully saturated rings. The molecular formula is C17H22O.